The van der Waals surface area contributed by atoms with Gasteiger partial charge in [0.25, 0.3) is 5.91 Å². The zero-order valence-electron chi connectivity index (χ0n) is 10.9. The first-order chi connectivity index (χ1) is 10.1. The first-order valence-corrected chi connectivity index (χ1v) is 7.46. The molecule has 3 rings (SSSR count). The van der Waals surface area contributed by atoms with E-state index < -0.39 is 0 Å². The number of halogens is 2. The van der Waals surface area contributed by atoms with Gasteiger partial charge in [0.05, 0.1) is 17.3 Å². The molecule has 2 heterocycles. The van der Waals surface area contributed by atoms with Crippen LogP contribution in [0.15, 0.2) is 53.3 Å². The van der Waals surface area contributed by atoms with Crippen LogP contribution in [0.2, 0.25) is 5.02 Å². The lowest BCUT2D eigenvalue weighted by molar-refractivity contribution is 0.0950. The molecule has 0 aliphatic rings. The van der Waals surface area contributed by atoms with Crippen LogP contribution in [0.5, 0.6) is 0 Å². The molecule has 6 heteroatoms. The zero-order chi connectivity index (χ0) is 14.8. The van der Waals surface area contributed by atoms with Crippen LogP contribution in [0, 0.1) is 0 Å². The van der Waals surface area contributed by atoms with Crippen molar-refractivity contribution >= 4 is 39.1 Å². The Morgan fingerprint density at radius 3 is 2.95 bits per heavy atom. The van der Waals surface area contributed by atoms with Gasteiger partial charge in [-0.05, 0) is 30.3 Å². The highest BCUT2D eigenvalue weighted by Crippen LogP contribution is 2.13. The van der Waals surface area contributed by atoms with Crippen molar-refractivity contribution in [1.29, 1.82) is 0 Å². The number of nitrogens with zero attached hydrogens (tertiary/aromatic N) is 2. The number of amides is 1. The summed E-state index contributed by atoms with van der Waals surface area (Å²) >= 11 is 9.28. The summed E-state index contributed by atoms with van der Waals surface area (Å²) in [6.45, 7) is 0.366. The van der Waals surface area contributed by atoms with Crippen molar-refractivity contribution in [1.82, 2.24) is 14.7 Å². The monoisotopic (exact) mass is 363 g/mol. The molecule has 2 aromatic heterocycles. The molecule has 0 aliphatic heterocycles. The Kier molecular flexibility index (Phi) is 3.94. The molecule has 0 atom stereocenters. The highest BCUT2D eigenvalue weighted by atomic mass is 79.9. The zero-order valence-corrected chi connectivity index (χ0v) is 13.2. The number of benzene rings is 1. The molecule has 0 fully saturated rings. The molecular formula is C15H11BrClN3O. The van der Waals surface area contributed by atoms with E-state index in [0.29, 0.717) is 17.1 Å². The summed E-state index contributed by atoms with van der Waals surface area (Å²) in [7, 11) is 0. The van der Waals surface area contributed by atoms with E-state index in [9.17, 15) is 4.79 Å². The Hall–Kier alpha value is -1.85. The maximum absolute atomic E-state index is 12.1. The molecule has 0 saturated carbocycles. The molecular weight excluding hydrogens is 354 g/mol. The summed E-state index contributed by atoms with van der Waals surface area (Å²) in [6.07, 6.45) is 3.63. The number of carbonyl (C=O) groups is 1. The van der Waals surface area contributed by atoms with Crippen LogP contribution < -0.4 is 5.32 Å². The first kappa shape index (κ1) is 14.1. The van der Waals surface area contributed by atoms with Gasteiger partial charge in [-0.15, -0.1) is 0 Å². The number of fused-ring (bicyclic) bond motifs is 1. The van der Waals surface area contributed by atoms with Gasteiger partial charge in [0.15, 0.2) is 0 Å². The van der Waals surface area contributed by atoms with Gasteiger partial charge < -0.3 is 9.72 Å². The maximum Gasteiger partial charge on any atom is 0.251 e. The van der Waals surface area contributed by atoms with Crippen molar-refractivity contribution < 1.29 is 4.79 Å². The third-order valence-corrected chi connectivity index (χ3v) is 3.70. The van der Waals surface area contributed by atoms with E-state index in [1.807, 2.05) is 28.8 Å². The second-order valence-corrected chi connectivity index (χ2v) is 5.89. The lowest BCUT2D eigenvalue weighted by atomic mass is 10.2. The van der Waals surface area contributed by atoms with Crippen LogP contribution in [0.1, 0.15) is 16.1 Å². The van der Waals surface area contributed by atoms with E-state index in [1.54, 1.807) is 24.4 Å². The van der Waals surface area contributed by atoms with E-state index in [2.05, 4.69) is 26.2 Å². The van der Waals surface area contributed by atoms with Gasteiger partial charge in [-0.2, -0.15) is 0 Å². The van der Waals surface area contributed by atoms with E-state index in [4.69, 9.17) is 11.6 Å². The lowest BCUT2D eigenvalue weighted by Crippen LogP contribution is -2.22. The molecule has 0 bridgehead atoms. The molecule has 0 spiro atoms. The SMILES string of the molecule is O=C(NCc1cn2cc(Cl)ccc2n1)c1cccc(Br)c1. The van der Waals surface area contributed by atoms with Crippen LogP contribution in [0.3, 0.4) is 0 Å². The maximum atomic E-state index is 12.1. The number of rotatable bonds is 3. The van der Waals surface area contributed by atoms with Crippen LogP contribution in [0.4, 0.5) is 0 Å². The van der Waals surface area contributed by atoms with Crippen LogP contribution in [0.25, 0.3) is 5.65 Å². The molecule has 4 nitrogen and oxygen atoms in total. The van der Waals surface area contributed by atoms with E-state index in [1.165, 1.54) is 0 Å². The fourth-order valence-electron chi connectivity index (χ4n) is 2.00. The van der Waals surface area contributed by atoms with Crippen LogP contribution >= 0.6 is 27.5 Å². The van der Waals surface area contributed by atoms with Crippen molar-refractivity contribution in [3.05, 3.63) is 69.5 Å². The molecule has 0 radical (unpaired) electrons. The fraction of sp³-hybridized carbons (Fsp3) is 0.0667. The number of pyridine rings is 1. The second-order valence-electron chi connectivity index (χ2n) is 4.54. The number of nitrogens with one attached hydrogen (secondary N) is 1. The minimum Gasteiger partial charge on any atom is -0.346 e. The number of carbonyl (C=O) groups excluding carboxylic acids is 1. The quantitative estimate of drug-likeness (QED) is 0.770. The largest absolute Gasteiger partial charge is 0.346 e. The van der Waals surface area contributed by atoms with Gasteiger partial charge in [-0.1, -0.05) is 33.6 Å². The molecule has 1 aromatic carbocycles. The number of hydrogen-bond acceptors (Lipinski definition) is 2. The topological polar surface area (TPSA) is 46.4 Å². The van der Waals surface area contributed by atoms with Crippen molar-refractivity contribution in [3.8, 4) is 0 Å². The first-order valence-electron chi connectivity index (χ1n) is 6.29. The molecule has 3 aromatic rings. The normalized spacial score (nSPS) is 10.8. The van der Waals surface area contributed by atoms with Crippen molar-refractivity contribution in [2.75, 3.05) is 0 Å². The highest BCUT2D eigenvalue weighted by molar-refractivity contribution is 9.10. The van der Waals surface area contributed by atoms with Crippen LogP contribution in [-0.4, -0.2) is 15.3 Å². The molecule has 21 heavy (non-hydrogen) atoms. The van der Waals surface area contributed by atoms with Gasteiger partial charge in [0, 0.05) is 22.4 Å². The average molecular weight is 365 g/mol. The second kappa shape index (κ2) is 5.87. The molecule has 0 unspecified atom stereocenters. The van der Waals surface area contributed by atoms with Crippen molar-refractivity contribution in [2.45, 2.75) is 6.54 Å². The summed E-state index contributed by atoms with van der Waals surface area (Å²) in [5.41, 5.74) is 2.18. The smallest absolute Gasteiger partial charge is 0.251 e. The van der Waals surface area contributed by atoms with Gasteiger partial charge in [0.1, 0.15) is 5.65 Å². The summed E-state index contributed by atoms with van der Waals surface area (Å²) in [5.74, 6) is -0.133. The molecule has 1 amide bonds. The Bertz CT molecular complexity index is 816. The third-order valence-electron chi connectivity index (χ3n) is 2.98. The van der Waals surface area contributed by atoms with Crippen molar-refractivity contribution in [3.63, 3.8) is 0 Å². The van der Waals surface area contributed by atoms with Gasteiger partial charge >= 0.3 is 0 Å². The van der Waals surface area contributed by atoms with Gasteiger partial charge in [-0.3, -0.25) is 4.79 Å². The fourth-order valence-corrected chi connectivity index (χ4v) is 2.57. The predicted molar refractivity (Wildman–Crippen MR) is 85.5 cm³/mol. The third kappa shape index (κ3) is 3.25. The Labute approximate surface area is 134 Å². The Balaban J connectivity index is 1.72. The summed E-state index contributed by atoms with van der Waals surface area (Å²) < 4.78 is 2.71. The minimum absolute atomic E-state index is 0.133. The molecule has 0 aliphatic carbocycles. The lowest BCUT2D eigenvalue weighted by Gasteiger charge is -2.03. The standard InChI is InChI=1S/C15H11BrClN3O/c16-11-3-1-2-10(6-11)15(21)18-7-13-9-20-8-12(17)4-5-14(20)19-13/h1-6,8-9H,7H2,(H,18,21). The number of hydrogen-bond donors (Lipinski definition) is 1. The summed E-state index contributed by atoms with van der Waals surface area (Å²) in [4.78, 5) is 16.5. The molecule has 106 valence electrons. The van der Waals surface area contributed by atoms with E-state index in [0.717, 1.165) is 15.8 Å². The van der Waals surface area contributed by atoms with Crippen LogP contribution in [-0.2, 0) is 6.54 Å². The molecule has 1 N–H and O–H groups in total. The number of aromatic nitrogens is 2. The Morgan fingerprint density at radius 1 is 1.29 bits per heavy atom. The van der Waals surface area contributed by atoms with E-state index >= 15 is 0 Å². The van der Waals surface area contributed by atoms with Crippen molar-refractivity contribution in [2.24, 2.45) is 0 Å². The summed E-state index contributed by atoms with van der Waals surface area (Å²) in [6, 6.07) is 10.9. The van der Waals surface area contributed by atoms with Gasteiger partial charge in [-0.25, -0.2) is 4.98 Å². The Morgan fingerprint density at radius 2 is 2.14 bits per heavy atom. The number of imidazole rings is 1. The predicted octanol–water partition coefficient (Wildman–Crippen LogP) is 3.68. The summed E-state index contributed by atoms with van der Waals surface area (Å²) in [5, 5.41) is 3.49. The minimum atomic E-state index is -0.133. The average Bonchev–Trinajstić information content (AvgIpc) is 2.86. The highest BCUT2D eigenvalue weighted by Gasteiger charge is 2.07. The van der Waals surface area contributed by atoms with E-state index in [-0.39, 0.29) is 5.91 Å². The van der Waals surface area contributed by atoms with Gasteiger partial charge in [0.2, 0.25) is 0 Å². The molecule has 0 saturated heterocycles.